The Bertz CT molecular complexity index is 677. The van der Waals surface area contributed by atoms with E-state index in [1.807, 2.05) is 53.3 Å². The van der Waals surface area contributed by atoms with Crippen molar-refractivity contribution in [3.8, 4) is 0 Å². The largest absolute Gasteiger partial charge is 0.273 e. The Labute approximate surface area is 117 Å². The normalized spacial score (nSPS) is 12.4. The molecule has 3 rings (SSSR count). The minimum Gasteiger partial charge on any atom is -0.252 e. The molecule has 1 atom stereocenters. The van der Waals surface area contributed by atoms with Crippen LogP contribution in [0.3, 0.4) is 0 Å². The molecule has 0 spiro atoms. The first-order valence-electron chi connectivity index (χ1n) is 6.91. The molecular weight excluding hydrogens is 250 g/mol. The van der Waals surface area contributed by atoms with E-state index in [0.29, 0.717) is 0 Å². The average molecular weight is 268 g/mol. The molecule has 0 aliphatic heterocycles. The summed E-state index contributed by atoms with van der Waals surface area (Å²) < 4.78 is 1.96. The van der Waals surface area contributed by atoms with Crippen molar-refractivity contribution >= 4 is 16.9 Å². The third-order valence-corrected chi connectivity index (χ3v) is 3.27. The molecule has 2 aromatic heterocycles. The molecule has 3 aromatic rings. The van der Waals surface area contributed by atoms with Gasteiger partial charge in [0.15, 0.2) is 6.17 Å². The van der Waals surface area contributed by atoms with Crippen LogP contribution in [0.5, 0.6) is 0 Å². The quantitative estimate of drug-likeness (QED) is 0.774. The Morgan fingerprint density at radius 3 is 2.85 bits per heavy atom. The monoisotopic (exact) mass is 268 g/mol. The van der Waals surface area contributed by atoms with Crippen LogP contribution in [0.15, 0.2) is 48.7 Å². The minimum atomic E-state index is 0.0889. The van der Waals surface area contributed by atoms with E-state index in [4.69, 9.17) is 0 Å². The zero-order valence-corrected chi connectivity index (χ0v) is 11.5. The van der Waals surface area contributed by atoms with Crippen molar-refractivity contribution in [3.05, 3.63) is 48.7 Å². The van der Waals surface area contributed by atoms with E-state index in [9.17, 15) is 0 Å². The lowest BCUT2D eigenvalue weighted by molar-refractivity contribution is -0.361. The van der Waals surface area contributed by atoms with Crippen LogP contribution in [-0.2, 0) is 0 Å². The Hall–Kier alpha value is -2.43. The SMILES string of the molecule is CCC[C@@H](Nc1cccc[nH+]1)n1nnc2ccccc21. The van der Waals surface area contributed by atoms with Gasteiger partial charge in [0.05, 0.1) is 11.7 Å². The van der Waals surface area contributed by atoms with E-state index in [2.05, 4.69) is 27.5 Å². The molecule has 2 heterocycles. The number of benzene rings is 1. The minimum absolute atomic E-state index is 0.0889. The Morgan fingerprint density at radius 1 is 1.20 bits per heavy atom. The third kappa shape index (κ3) is 2.47. The van der Waals surface area contributed by atoms with Crippen LogP contribution in [0.2, 0.25) is 0 Å². The molecule has 0 fully saturated rings. The van der Waals surface area contributed by atoms with Gasteiger partial charge in [-0.2, -0.15) is 0 Å². The van der Waals surface area contributed by atoms with E-state index < -0.39 is 0 Å². The van der Waals surface area contributed by atoms with Gasteiger partial charge in [-0.15, -0.1) is 5.10 Å². The highest BCUT2D eigenvalue weighted by Gasteiger charge is 2.19. The van der Waals surface area contributed by atoms with Crippen LogP contribution in [0.25, 0.3) is 11.0 Å². The van der Waals surface area contributed by atoms with Gasteiger partial charge in [-0.05, 0) is 18.2 Å². The number of nitrogens with one attached hydrogen (secondary N) is 2. The lowest BCUT2D eigenvalue weighted by Gasteiger charge is -2.14. The molecule has 0 saturated heterocycles. The van der Waals surface area contributed by atoms with Crippen molar-refractivity contribution < 1.29 is 4.98 Å². The number of para-hydroxylation sites is 1. The number of aromatic amines is 1. The molecule has 0 bridgehead atoms. The van der Waals surface area contributed by atoms with Gasteiger partial charge in [-0.3, -0.25) is 5.32 Å². The zero-order valence-electron chi connectivity index (χ0n) is 11.5. The van der Waals surface area contributed by atoms with Gasteiger partial charge in [0.25, 0.3) is 5.82 Å². The molecule has 102 valence electrons. The Balaban J connectivity index is 1.94. The molecule has 5 heteroatoms. The summed E-state index contributed by atoms with van der Waals surface area (Å²) in [5.41, 5.74) is 1.97. The number of anilines is 1. The van der Waals surface area contributed by atoms with Crippen molar-refractivity contribution in [2.24, 2.45) is 0 Å². The van der Waals surface area contributed by atoms with Gasteiger partial charge in [0.1, 0.15) is 5.52 Å². The number of aromatic nitrogens is 4. The Morgan fingerprint density at radius 2 is 2.05 bits per heavy atom. The highest BCUT2D eigenvalue weighted by molar-refractivity contribution is 5.74. The van der Waals surface area contributed by atoms with Crippen LogP contribution >= 0.6 is 0 Å². The van der Waals surface area contributed by atoms with E-state index >= 15 is 0 Å². The first-order chi connectivity index (χ1) is 9.88. The first kappa shape index (κ1) is 12.6. The smallest absolute Gasteiger partial charge is 0.252 e. The zero-order chi connectivity index (χ0) is 13.8. The van der Waals surface area contributed by atoms with Gasteiger partial charge in [0.2, 0.25) is 0 Å². The maximum Gasteiger partial charge on any atom is 0.273 e. The van der Waals surface area contributed by atoms with Crippen LogP contribution < -0.4 is 10.3 Å². The standard InChI is InChI=1S/C15H17N5/c1-2-7-15(17-14-10-5-6-11-16-14)20-13-9-4-3-8-12(13)18-19-20/h3-6,8-11,15H,2,7H2,1H3,(H,16,17)/p+1/t15-/m0/s1. The summed E-state index contributed by atoms with van der Waals surface area (Å²) in [5, 5.41) is 12.0. The van der Waals surface area contributed by atoms with Crippen molar-refractivity contribution in [1.29, 1.82) is 0 Å². The number of fused-ring (bicyclic) bond motifs is 1. The summed E-state index contributed by atoms with van der Waals surface area (Å²) >= 11 is 0. The van der Waals surface area contributed by atoms with Gasteiger partial charge < -0.3 is 0 Å². The maximum absolute atomic E-state index is 4.30. The number of nitrogens with zero attached hydrogens (tertiary/aromatic N) is 3. The molecule has 20 heavy (non-hydrogen) atoms. The van der Waals surface area contributed by atoms with E-state index in [-0.39, 0.29) is 6.17 Å². The second kappa shape index (κ2) is 5.69. The fourth-order valence-electron chi connectivity index (χ4n) is 2.31. The predicted molar refractivity (Wildman–Crippen MR) is 78.1 cm³/mol. The van der Waals surface area contributed by atoms with Crippen LogP contribution in [0.1, 0.15) is 25.9 Å². The van der Waals surface area contributed by atoms with Crippen molar-refractivity contribution in [2.45, 2.75) is 25.9 Å². The Kier molecular flexibility index (Phi) is 3.58. The molecule has 5 nitrogen and oxygen atoms in total. The van der Waals surface area contributed by atoms with E-state index in [0.717, 1.165) is 29.7 Å². The topological polar surface area (TPSA) is 56.9 Å². The highest BCUT2D eigenvalue weighted by Crippen LogP contribution is 2.20. The molecule has 0 radical (unpaired) electrons. The number of pyridine rings is 1. The molecule has 0 saturated carbocycles. The number of rotatable bonds is 5. The van der Waals surface area contributed by atoms with E-state index in [1.165, 1.54) is 0 Å². The summed E-state index contributed by atoms with van der Waals surface area (Å²) in [6.45, 7) is 2.17. The molecular formula is C15H18N5+. The van der Waals surface area contributed by atoms with Gasteiger partial charge in [-0.1, -0.05) is 36.8 Å². The van der Waals surface area contributed by atoms with Crippen LogP contribution in [-0.4, -0.2) is 15.0 Å². The van der Waals surface area contributed by atoms with Crippen molar-refractivity contribution in [3.63, 3.8) is 0 Å². The van der Waals surface area contributed by atoms with Crippen LogP contribution in [0.4, 0.5) is 5.82 Å². The highest BCUT2D eigenvalue weighted by atomic mass is 15.5. The van der Waals surface area contributed by atoms with Crippen LogP contribution in [0, 0.1) is 0 Å². The molecule has 0 aliphatic carbocycles. The summed E-state index contributed by atoms with van der Waals surface area (Å²) in [6.07, 6.45) is 4.05. The van der Waals surface area contributed by atoms with Crippen molar-refractivity contribution in [1.82, 2.24) is 15.0 Å². The summed E-state index contributed by atoms with van der Waals surface area (Å²) in [7, 11) is 0. The summed E-state index contributed by atoms with van der Waals surface area (Å²) in [5.74, 6) is 0.977. The number of H-pyrrole nitrogens is 1. The lowest BCUT2D eigenvalue weighted by atomic mass is 10.2. The van der Waals surface area contributed by atoms with Gasteiger partial charge in [0, 0.05) is 12.5 Å². The fraction of sp³-hybridized carbons (Fsp3) is 0.267. The predicted octanol–water partition coefficient (Wildman–Crippen LogP) is 2.66. The molecule has 1 aromatic carbocycles. The van der Waals surface area contributed by atoms with Gasteiger partial charge >= 0.3 is 0 Å². The second-order valence-corrected chi connectivity index (χ2v) is 4.75. The van der Waals surface area contributed by atoms with E-state index in [1.54, 1.807) is 0 Å². The molecule has 0 amide bonds. The number of hydrogen-bond donors (Lipinski definition) is 1. The lowest BCUT2D eigenvalue weighted by Crippen LogP contribution is -2.23. The average Bonchev–Trinajstić information content (AvgIpc) is 2.92. The summed E-state index contributed by atoms with van der Waals surface area (Å²) in [6, 6.07) is 14.0. The molecule has 0 aliphatic rings. The third-order valence-electron chi connectivity index (χ3n) is 3.27. The first-order valence-corrected chi connectivity index (χ1v) is 6.91. The fourth-order valence-corrected chi connectivity index (χ4v) is 2.31. The summed E-state index contributed by atoms with van der Waals surface area (Å²) in [4.78, 5) is 3.19. The van der Waals surface area contributed by atoms with Crippen molar-refractivity contribution in [2.75, 3.05) is 5.32 Å². The second-order valence-electron chi connectivity index (χ2n) is 4.75. The van der Waals surface area contributed by atoms with Gasteiger partial charge in [-0.25, -0.2) is 9.67 Å². The number of hydrogen-bond acceptors (Lipinski definition) is 3. The molecule has 0 unspecified atom stereocenters. The molecule has 2 N–H and O–H groups in total. The maximum atomic E-state index is 4.30.